The van der Waals surface area contributed by atoms with Gasteiger partial charge in [-0.25, -0.2) is 21.9 Å². The summed E-state index contributed by atoms with van der Waals surface area (Å²) in [5, 5.41) is 0. The molecular formula is C13H17F2N3O2S. The van der Waals surface area contributed by atoms with Gasteiger partial charge in [-0.1, -0.05) is 0 Å². The molecule has 2 atom stereocenters. The Morgan fingerprint density at radius 2 is 2.00 bits per heavy atom. The van der Waals surface area contributed by atoms with E-state index in [1.165, 1.54) is 0 Å². The van der Waals surface area contributed by atoms with E-state index in [9.17, 15) is 17.2 Å². The van der Waals surface area contributed by atoms with Gasteiger partial charge in [-0.3, -0.25) is 4.90 Å². The van der Waals surface area contributed by atoms with Crippen molar-refractivity contribution in [1.29, 1.82) is 0 Å². The van der Waals surface area contributed by atoms with Crippen LogP contribution in [0, 0.1) is 11.6 Å². The second-order valence-electron chi connectivity index (χ2n) is 5.54. The van der Waals surface area contributed by atoms with Crippen molar-refractivity contribution in [1.82, 2.24) is 9.62 Å². The summed E-state index contributed by atoms with van der Waals surface area (Å²) < 4.78 is 54.2. The largest absolute Gasteiger partial charge is 0.394 e. The van der Waals surface area contributed by atoms with Crippen LogP contribution in [0.1, 0.15) is 19.3 Å². The lowest BCUT2D eigenvalue weighted by Crippen LogP contribution is -2.42. The standard InChI is InChI=1S/C13H17F2N3O2S/c14-8-3-4-11(12(15)13(8)16)21(19,20)17-9-5-7-18-6-1-2-10(9)18/h3-4,9-10,17H,1-2,5-7,16H2. The van der Waals surface area contributed by atoms with Gasteiger partial charge in [0.25, 0.3) is 0 Å². The van der Waals surface area contributed by atoms with Crippen molar-refractivity contribution in [2.45, 2.75) is 36.2 Å². The fraction of sp³-hybridized carbons (Fsp3) is 0.538. The molecule has 5 nitrogen and oxygen atoms in total. The van der Waals surface area contributed by atoms with E-state index in [-0.39, 0.29) is 12.1 Å². The number of nitrogens with zero attached hydrogens (tertiary/aromatic N) is 1. The van der Waals surface area contributed by atoms with Gasteiger partial charge in [-0.15, -0.1) is 0 Å². The van der Waals surface area contributed by atoms with Gasteiger partial charge in [-0.2, -0.15) is 0 Å². The van der Waals surface area contributed by atoms with E-state index in [4.69, 9.17) is 5.73 Å². The summed E-state index contributed by atoms with van der Waals surface area (Å²) in [5.41, 5.74) is 4.45. The molecule has 0 aromatic heterocycles. The van der Waals surface area contributed by atoms with Crippen LogP contribution in [0.3, 0.4) is 0 Å². The molecular weight excluding hydrogens is 300 g/mol. The highest BCUT2D eigenvalue weighted by Gasteiger charge is 2.39. The van der Waals surface area contributed by atoms with Gasteiger partial charge in [0, 0.05) is 18.6 Å². The molecule has 0 aliphatic carbocycles. The first kappa shape index (κ1) is 14.7. The number of benzene rings is 1. The van der Waals surface area contributed by atoms with Crippen LogP contribution in [-0.2, 0) is 10.0 Å². The van der Waals surface area contributed by atoms with Gasteiger partial charge in [0.2, 0.25) is 10.0 Å². The fourth-order valence-corrected chi connectivity index (χ4v) is 4.63. The number of fused-ring (bicyclic) bond motifs is 1. The molecule has 116 valence electrons. The van der Waals surface area contributed by atoms with E-state index < -0.39 is 32.2 Å². The highest BCUT2D eigenvalue weighted by atomic mass is 32.2. The average Bonchev–Trinajstić information content (AvgIpc) is 3.00. The molecule has 0 amide bonds. The third-order valence-electron chi connectivity index (χ3n) is 4.29. The number of nitrogens with two attached hydrogens (primary N) is 1. The van der Waals surface area contributed by atoms with Crippen molar-refractivity contribution >= 4 is 15.7 Å². The van der Waals surface area contributed by atoms with Gasteiger partial charge in [0.1, 0.15) is 16.4 Å². The van der Waals surface area contributed by atoms with Crippen LogP contribution in [0.4, 0.5) is 14.5 Å². The molecule has 2 aliphatic heterocycles. The van der Waals surface area contributed by atoms with Crippen LogP contribution in [0.15, 0.2) is 17.0 Å². The summed E-state index contributed by atoms with van der Waals surface area (Å²) in [4.78, 5) is 1.64. The smallest absolute Gasteiger partial charge is 0.243 e. The van der Waals surface area contributed by atoms with Crippen LogP contribution in [0.25, 0.3) is 0 Å². The molecule has 0 saturated carbocycles. The van der Waals surface area contributed by atoms with Crippen molar-refractivity contribution in [3.63, 3.8) is 0 Å². The number of hydrogen-bond acceptors (Lipinski definition) is 4. The fourth-order valence-electron chi connectivity index (χ4n) is 3.24. The summed E-state index contributed by atoms with van der Waals surface area (Å²) in [6, 6.07) is 1.71. The highest BCUT2D eigenvalue weighted by Crippen LogP contribution is 2.30. The Balaban J connectivity index is 1.86. The maximum Gasteiger partial charge on any atom is 0.243 e. The quantitative estimate of drug-likeness (QED) is 0.818. The van der Waals surface area contributed by atoms with Gasteiger partial charge in [-0.05, 0) is 37.9 Å². The normalized spacial score (nSPS) is 26.2. The maximum atomic E-state index is 13.9. The second kappa shape index (κ2) is 5.19. The maximum absolute atomic E-state index is 13.9. The summed E-state index contributed by atoms with van der Waals surface area (Å²) in [6.45, 7) is 1.81. The first-order chi connectivity index (χ1) is 9.90. The number of anilines is 1. The summed E-state index contributed by atoms with van der Waals surface area (Å²) >= 11 is 0. The molecule has 1 aromatic rings. The molecule has 2 saturated heterocycles. The predicted molar refractivity (Wildman–Crippen MR) is 74.1 cm³/mol. The number of sulfonamides is 1. The number of nitrogen functional groups attached to an aromatic ring is 1. The third-order valence-corrected chi connectivity index (χ3v) is 5.80. The minimum Gasteiger partial charge on any atom is -0.394 e. The zero-order valence-corrected chi connectivity index (χ0v) is 12.2. The molecule has 0 radical (unpaired) electrons. The Labute approximate surface area is 122 Å². The molecule has 0 bridgehead atoms. The van der Waals surface area contributed by atoms with Crippen LogP contribution < -0.4 is 10.5 Å². The molecule has 2 aliphatic rings. The summed E-state index contributed by atoms with van der Waals surface area (Å²) in [6.07, 6.45) is 2.67. The van der Waals surface area contributed by atoms with E-state index in [1.54, 1.807) is 0 Å². The molecule has 1 aromatic carbocycles. The lowest BCUT2D eigenvalue weighted by Gasteiger charge is -2.21. The lowest BCUT2D eigenvalue weighted by molar-refractivity contribution is 0.308. The monoisotopic (exact) mass is 317 g/mol. The van der Waals surface area contributed by atoms with Crippen molar-refractivity contribution < 1.29 is 17.2 Å². The number of hydrogen-bond donors (Lipinski definition) is 2. The van der Waals surface area contributed by atoms with E-state index in [1.807, 2.05) is 0 Å². The minimum absolute atomic E-state index is 0.167. The lowest BCUT2D eigenvalue weighted by atomic mass is 10.1. The number of nitrogens with one attached hydrogen (secondary N) is 1. The van der Waals surface area contributed by atoms with E-state index in [2.05, 4.69) is 9.62 Å². The average molecular weight is 317 g/mol. The topological polar surface area (TPSA) is 75.4 Å². The van der Waals surface area contributed by atoms with Gasteiger partial charge < -0.3 is 5.73 Å². The van der Waals surface area contributed by atoms with Crippen LogP contribution in [0.2, 0.25) is 0 Å². The van der Waals surface area contributed by atoms with Crippen LogP contribution >= 0.6 is 0 Å². The first-order valence-electron chi connectivity index (χ1n) is 6.90. The van der Waals surface area contributed by atoms with Gasteiger partial charge >= 0.3 is 0 Å². The predicted octanol–water partition coefficient (Wildman–Crippen LogP) is 1.06. The van der Waals surface area contributed by atoms with E-state index >= 15 is 0 Å². The molecule has 8 heteroatoms. The van der Waals surface area contributed by atoms with Crippen LogP contribution in [0.5, 0.6) is 0 Å². The Hall–Kier alpha value is -1.25. The van der Waals surface area contributed by atoms with E-state index in [0.717, 1.165) is 38.1 Å². The van der Waals surface area contributed by atoms with Crippen molar-refractivity contribution in [3.05, 3.63) is 23.8 Å². The van der Waals surface area contributed by atoms with Gasteiger partial charge in [0.15, 0.2) is 5.82 Å². The van der Waals surface area contributed by atoms with Gasteiger partial charge in [0.05, 0.1) is 0 Å². The molecule has 2 fully saturated rings. The zero-order valence-electron chi connectivity index (χ0n) is 11.4. The van der Waals surface area contributed by atoms with Crippen molar-refractivity contribution in [2.75, 3.05) is 18.8 Å². The SMILES string of the molecule is Nc1c(F)ccc(S(=O)(=O)NC2CCN3CCCC23)c1F. The molecule has 2 unspecified atom stereocenters. The second-order valence-corrected chi connectivity index (χ2v) is 7.22. The Kier molecular flexibility index (Phi) is 3.62. The zero-order chi connectivity index (χ0) is 15.2. The number of halogens is 2. The van der Waals surface area contributed by atoms with Crippen LogP contribution in [-0.4, -0.2) is 38.5 Å². The third kappa shape index (κ3) is 2.51. The van der Waals surface area contributed by atoms with E-state index in [0.29, 0.717) is 6.42 Å². The molecule has 2 heterocycles. The Bertz CT molecular complexity index is 666. The Morgan fingerprint density at radius 3 is 2.76 bits per heavy atom. The first-order valence-corrected chi connectivity index (χ1v) is 8.38. The van der Waals surface area contributed by atoms with Crippen molar-refractivity contribution in [3.8, 4) is 0 Å². The minimum atomic E-state index is -4.05. The highest BCUT2D eigenvalue weighted by molar-refractivity contribution is 7.89. The number of rotatable bonds is 3. The van der Waals surface area contributed by atoms with Crippen molar-refractivity contribution in [2.24, 2.45) is 0 Å². The molecule has 21 heavy (non-hydrogen) atoms. The Morgan fingerprint density at radius 1 is 1.24 bits per heavy atom. The molecule has 3 N–H and O–H groups in total. The summed E-state index contributed by atoms with van der Waals surface area (Å²) in [7, 11) is -4.05. The molecule has 3 rings (SSSR count). The summed E-state index contributed by atoms with van der Waals surface area (Å²) in [5.74, 6) is -2.20. The molecule has 0 spiro atoms.